The quantitative estimate of drug-likeness (QED) is 0.107. The van der Waals surface area contributed by atoms with Crippen molar-refractivity contribution >= 4 is 34.6 Å². The number of nitrogens with one attached hydrogen (secondary N) is 2. The number of rotatable bonds is 11. The molecule has 4 N–H and O–H groups in total. The number of hydrogen-bond acceptors (Lipinski definition) is 10. The second-order valence-electron chi connectivity index (χ2n) is 13.4. The summed E-state index contributed by atoms with van der Waals surface area (Å²) in [6.45, 7) is 10.8. The van der Waals surface area contributed by atoms with Crippen molar-refractivity contribution in [2.45, 2.75) is 59.6 Å². The Kier molecular flexibility index (Phi) is 10.2. The van der Waals surface area contributed by atoms with Gasteiger partial charge in [0.05, 0.1) is 36.6 Å². The van der Waals surface area contributed by atoms with Gasteiger partial charge in [0, 0.05) is 33.6 Å². The number of halogens is 1. The van der Waals surface area contributed by atoms with Crippen LogP contribution in [0.3, 0.4) is 0 Å². The molecule has 1 amide bonds. The van der Waals surface area contributed by atoms with Gasteiger partial charge in [-0.25, -0.2) is 14.5 Å². The molecule has 1 aliphatic rings. The Morgan fingerprint density at radius 1 is 1.02 bits per heavy atom. The van der Waals surface area contributed by atoms with Crippen LogP contribution in [0.5, 0.6) is 11.5 Å². The largest absolute Gasteiger partial charge is 0.508 e. The Balaban J connectivity index is 0.997. The number of phenols is 2. The molecule has 0 unspecified atom stereocenters. The summed E-state index contributed by atoms with van der Waals surface area (Å²) < 4.78 is 9.24. The van der Waals surface area contributed by atoms with Crippen LogP contribution in [0.4, 0.5) is 0 Å². The molecule has 0 aliphatic carbocycles. The van der Waals surface area contributed by atoms with Crippen molar-refractivity contribution in [1.29, 1.82) is 0 Å². The van der Waals surface area contributed by atoms with Crippen molar-refractivity contribution in [2.75, 3.05) is 13.2 Å². The van der Waals surface area contributed by atoms with E-state index in [0.717, 1.165) is 38.8 Å². The fourth-order valence-electron chi connectivity index (χ4n) is 6.53. The molecule has 0 radical (unpaired) electrons. The van der Waals surface area contributed by atoms with E-state index < -0.39 is 11.7 Å². The summed E-state index contributed by atoms with van der Waals surface area (Å²) in [7, 11) is 0. The molecule has 0 bridgehead atoms. The Bertz CT molecular complexity index is 2440. The van der Waals surface area contributed by atoms with E-state index in [4.69, 9.17) is 21.3 Å². The molecule has 3 aromatic carbocycles. The highest BCUT2D eigenvalue weighted by molar-refractivity contribution is 7.15. The van der Waals surface area contributed by atoms with Crippen molar-refractivity contribution in [3.8, 4) is 33.6 Å². The lowest BCUT2D eigenvalue weighted by Gasteiger charge is -2.14. The van der Waals surface area contributed by atoms with Gasteiger partial charge >= 0.3 is 5.69 Å². The van der Waals surface area contributed by atoms with E-state index in [9.17, 15) is 19.8 Å². The van der Waals surface area contributed by atoms with Gasteiger partial charge < -0.3 is 20.3 Å². The smallest absolute Gasteiger partial charge is 0.348 e. The van der Waals surface area contributed by atoms with Gasteiger partial charge in [0.25, 0.3) is 0 Å². The fourth-order valence-corrected chi connectivity index (χ4v) is 7.87. The minimum absolute atomic E-state index is 0.0167. The van der Waals surface area contributed by atoms with Crippen molar-refractivity contribution in [2.24, 2.45) is 4.99 Å². The number of aryl methyl sites for hydroxylation is 2. The predicted molar refractivity (Wildman–Crippen MR) is 208 cm³/mol. The zero-order chi connectivity index (χ0) is 38.3. The van der Waals surface area contributed by atoms with Gasteiger partial charge in [-0.05, 0) is 73.7 Å². The van der Waals surface area contributed by atoms with Crippen molar-refractivity contribution in [1.82, 2.24) is 34.8 Å². The molecular weight excluding hydrogens is 728 g/mol. The van der Waals surface area contributed by atoms with Crippen LogP contribution in [0.15, 0.2) is 70.5 Å². The van der Waals surface area contributed by atoms with Gasteiger partial charge in [-0.15, -0.1) is 21.5 Å². The number of fused-ring (bicyclic) bond motifs is 3. The maximum atomic E-state index is 13.3. The van der Waals surface area contributed by atoms with Gasteiger partial charge in [-0.1, -0.05) is 49.7 Å². The summed E-state index contributed by atoms with van der Waals surface area (Å²) in [5.41, 5.74) is 5.66. The molecule has 54 heavy (non-hydrogen) atoms. The molecule has 13 nitrogen and oxygen atoms in total. The summed E-state index contributed by atoms with van der Waals surface area (Å²) in [5, 5.41) is 40.9. The standard InChI is InChI=1S/C39H39ClN8O5S/c1-20(2)28-16-29(32(50)18-31(28)49)36-44-46-39(52)48(36)27-12-6-24(7-13-27)19-53-15-14-41-33(51)17-30-37-45-43-23(5)47(37)38-34(21(3)22(4)54-38)35(42-30)25-8-10-26(40)11-9-25/h6-13,16,18,20,30,49-50H,14-15,17,19H2,1-5H3,(H,41,51)(H,46,52)/t30-/m0/s1. The Labute approximate surface area is 320 Å². The van der Waals surface area contributed by atoms with Crippen LogP contribution in [-0.2, 0) is 16.1 Å². The number of aromatic amines is 1. The first-order valence-electron chi connectivity index (χ1n) is 17.4. The number of carbonyl (C=O) groups is 1. The number of benzene rings is 3. The second-order valence-corrected chi connectivity index (χ2v) is 15.1. The molecule has 1 aliphatic heterocycles. The predicted octanol–water partition coefficient (Wildman–Crippen LogP) is 6.60. The van der Waals surface area contributed by atoms with Gasteiger partial charge in [0.2, 0.25) is 5.91 Å². The summed E-state index contributed by atoms with van der Waals surface area (Å²) >= 11 is 7.88. The zero-order valence-corrected chi connectivity index (χ0v) is 31.9. The van der Waals surface area contributed by atoms with Gasteiger partial charge in [-0.2, -0.15) is 5.10 Å². The number of amides is 1. The highest BCUT2D eigenvalue weighted by Crippen LogP contribution is 2.40. The molecule has 0 saturated carbocycles. The summed E-state index contributed by atoms with van der Waals surface area (Å²) in [5.74, 6) is 1.11. The summed E-state index contributed by atoms with van der Waals surface area (Å²) in [4.78, 5) is 32.4. The molecule has 1 atom stereocenters. The van der Waals surface area contributed by atoms with E-state index in [2.05, 4.69) is 39.6 Å². The topological polar surface area (TPSA) is 173 Å². The molecule has 6 aromatic rings. The first-order valence-corrected chi connectivity index (χ1v) is 18.6. The van der Waals surface area contributed by atoms with Crippen molar-refractivity contribution < 1.29 is 19.7 Å². The number of aromatic hydroxyl groups is 2. The average molecular weight is 767 g/mol. The number of aromatic nitrogens is 6. The van der Waals surface area contributed by atoms with Gasteiger partial charge in [0.1, 0.15) is 28.4 Å². The zero-order valence-electron chi connectivity index (χ0n) is 30.3. The van der Waals surface area contributed by atoms with Crippen LogP contribution in [0, 0.1) is 20.8 Å². The van der Waals surface area contributed by atoms with Crippen LogP contribution < -0.4 is 11.0 Å². The third kappa shape index (κ3) is 7.07. The molecule has 7 rings (SSSR count). The number of ether oxygens (including phenoxy) is 1. The van der Waals surface area contributed by atoms with E-state index in [1.807, 2.05) is 61.7 Å². The van der Waals surface area contributed by atoms with E-state index in [-0.39, 0.29) is 55.3 Å². The van der Waals surface area contributed by atoms with Crippen molar-refractivity contribution in [3.63, 3.8) is 0 Å². The fraction of sp³-hybridized carbons (Fsp3) is 0.282. The van der Waals surface area contributed by atoms with Crippen LogP contribution in [0.25, 0.3) is 22.1 Å². The monoisotopic (exact) mass is 766 g/mol. The van der Waals surface area contributed by atoms with E-state index >= 15 is 0 Å². The molecule has 0 spiro atoms. The van der Waals surface area contributed by atoms with Crippen molar-refractivity contribution in [3.05, 3.63) is 121 Å². The molecule has 278 valence electrons. The minimum atomic E-state index is -0.575. The van der Waals surface area contributed by atoms with Gasteiger partial charge in [-0.3, -0.25) is 14.4 Å². The molecular formula is C39H39ClN8O5S. The maximum Gasteiger partial charge on any atom is 0.348 e. The summed E-state index contributed by atoms with van der Waals surface area (Å²) in [6.07, 6.45) is 0.0692. The lowest BCUT2D eigenvalue weighted by Crippen LogP contribution is -2.28. The average Bonchev–Trinajstić information content (AvgIpc) is 3.77. The number of carbonyl (C=O) groups excluding carboxylic acids is 1. The highest BCUT2D eigenvalue weighted by atomic mass is 35.5. The molecule has 15 heteroatoms. The van der Waals surface area contributed by atoms with Gasteiger partial charge in [0.15, 0.2) is 11.6 Å². The van der Waals surface area contributed by atoms with Crippen LogP contribution >= 0.6 is 22.9 Å². The SMILES string of the molecule is Cc1sc2c(c1C)C(c1ccc(Cl)cc1)=N[C@@H](CC(=O)NCCOCc1ccc(-n3c(-c4cc(C(C)C)c(O)cc4O)n[nH]c3=O)cc1)c1nnc(C)n1-2. The maximum absolute atomic E-state index is 13.3. The third-order valence-corrected chi connectivity index (χ3v) is 10.9. The first-order chi connectivity index (χ1) is 25.9. The molecule has 0 fully saturated rings. The number of nitrogens with zero attached hydrogens (tertiary/aromatic N) is 6. The Hall–Kier alpha value is -5.57. The van der Waals surface area contributed by atoms with E-state index in [0.29, 0.717) is 27.7 Å². The number of phenolic OH excluding ortho intramolecular Hbond substituents is 2. The summed E-state index contributed by atoms with van der Waals surface area (Å²) in [6, 6.07) is 17.1. The first kappa shape index (κ1) is 36.8. The number of thiophene rings is 1. The minimum Gasteiger partial charge on any atom is -0.508 e. The molecule has 3 aromatic heterocycles. The Morgan fingerprint density at radius 2 is 1.76 bits per heavy atom. The second kappa shape index (κ2) is 15.0. The molecule has 4 heterocycles. The molecule has 0 saturated heterocycles. The van der Waals surface area contributed by atoms with Crippen LogP contribution in [0.1, 0.15) is 76.6 Å². The number of aliphatic imine (C=N–C) groups is 1. The lowest BCUT2D eigenvalue weighted by molar-refractivity contribution is -0.121. The van der Waals surface area contributed by atoms with Crippen LogP contribution in [0.2, 0.25) is 5.02 Å². The number of H-pyrrole nitrogens is 1. The normalized spacial score (nSPS) is 13.8. The third-order valence-electron chi connectivity index (χ3n) is 9.45. The van der Waals surface area contributed by atoms with E-state index in [1.165, 1.54) is 15.5 Å². The van der Waals surface area contributed by atoms with Crippen LogP contribution in [-0.4, -0.2) is 64.5 Å². The number of hydrogen-bond donors (Lipinski definition) is 4. The van der Waals surface area contributed by atoms with E-state index in [1.54, 1.807) is 29.5 Å². The Morgan fingerprint density at radius 3 is 2.48 bits per heavy atom. The highest BCUT2D eigenvalue weighted by Gasteiger charge is 2.32. The lowest BCUT2D eigenvalue weighted by atomic mass is 9.98.